The fourth-order valence-corrected chi connectivity index (χ4v) is 3.32. The molecule has 0 aromatic carbocycles. The van der Waals surface area contributed by atoms with Crippen molar-refractivity contribution in [2.24, 2.45) is 0 Å². The van der Waals surface area contributed by atoms with Crippen LogP contribution in [0.25, 0.3) is 0 Å². The van der Waals surface area contributed by atoms with Gasteiger partial charge in [0.05, 0.1) is 0 Å². The van der Waals surface area contributed by atoms with Crippen LogP contribution in [0, 0.1) is 0 Å². The molecular weight excluding hydrogens is 280 g/mol. The first-order chi connectivity index (χ1) is 10.2. The van der Waals surface area contributed by atoms with E-state index in [4.69, 9.17) is 13.3 Å². The third-order valence-corrected chi connectivity index (χ3v) is 6.32. The summed E-state index contributed by atoms with van der Waals surface area (Å²) >= 11 is 0. The van der Waals surface area contributed by atoms with Crippen LogP contribution in [0.3, 0.4) is 0 Å². The fourth-order valence-electron chi connectivity index (χ4n) is 2.40. The Bertz CT molecular complexity index is 208. The van der Waals surface area contributed by atoms with Gasteiger partial charge in [-0.2, -0.15) is 0 Å². The van der Waals surface area contributed by atoms with Crippen molar-refractivity contribution in [3.05, 3.63) is 0 Å². The summed E-state index contributed by atoms with van der Waals surface area (Å²) in [5.41, 5.74) is 0. The van der Waals surface area contributed by atoms with E-state index in [2.05, 4.69) is 6.92 Å². The highest BCUT2D eigenvalue weighted by Gasteiger charge is 2.31. The molecule has 0 aromatic heterocycles. The van der Waals surface area contributed by atoms with Crippen molar-refractivity contribution in [2.75, 3.05) is 20.8 Å². The molecule has 0 aromatic rings. The Balaban J connectivity index is 3.16. The van der Waals surface area contributed by atoms with Gasteiger partial charge < -0.3 is 13.3 Å². The topological polar surface area (TPSA) is 27.7 Å². The lowest BCUT2D eigenvalue weighted by Gasteiger charge is -2.21. The van der Waals surface area contributed by atoms with E-state index in [0.29, 0.717) is 0 Å². The minimum atomic E-state index is -2.30. The van der Waals surface area contributed by atoms with E-state index in [9.17, 15) is 0 Å². The largest absolute Gasteiger partial charge is 0.497 e. The predicted octanol–water partition coefficient (Wildman–Crippen LogP) is 5.57. The molecule has 0 fully saturated rings. The lowest BCUT2D eigenvalue weighted by molar-refractivity contribution is 0.104. The molecule has 0 N–H and O–H groups in total. The van der Waals surface area contributed by atoms with Crippen LogP contribution in [0.2, 0.25) is 6.55 Å². The number of rotatable bonds is 16. The maximum atomic E-state index is 5.71. The monoisotopic (exact) mass is 318 g/mol. The van der Waals surface area contributed by atoms with Crippen molar-refractivity contribution in [3.63, 3.8) is 0 Å². The lowest BCUT2D eigenvalue weighted by Crippen LogP contribution is -2.40. The highest BCUT2D eigenvalue weighted by Crippen LogP contribution is 2.13. The van der Waals surface area contributed by atoms with E-state index in [1.807, 2.05) is 6.55 Å². The standard InChI is InChI=1S/C17H38O3Si/c1-5-6-7-8-9-10-11-12-13-14-15-16-17-20-21(4,18-2)19-3/h5-17H2,1-4H3. The highest BCUT2D eigenvalue weighted by molar-refractivity contribution is 6.59. The quantitative estimate of drug-likeness (QED) is 0.275. The lowest BCUT2D eigenvalue weighted by atomic mass is 10.1. The fraction of sp³-hybridized carbons (Fsp3) is 1.00. The van der Waals surface area contributed by atoms with E-state index in [0.717, 1.165) is 13.0 Å². The molecule has 0 aliphatic rings. The van der Waals surface area contributed by atoms with Crippen LogP contribution in [-0.2, 0) is 13.3 Å². The minimum absolute atomic E-state index is 0.766. The second-order valence-electron chi connectivity index (χ2n) is 6.01. The van der Waals surface area contributed by atoms with Crippen LogP contribution >= 0.6 is 0 Å². The van der Waals surface area contributed by atoms with Gasteiger partial charge in [-0.25, -0.2) is 0 Å². The first-order valence-electron chi connectivity index (χ1n) is 8.92. The Morgan fingerprint density at radius 3 is 1.38 bits per heavy atom. The minimum Gasteiger partial charge on any atom is -0.377 e. The summed E-state index contributed by atoms with van der Waals surface area (Å²) in [4.78, 5) is 0. The summed E-state index contributed by atoms with van der Waals surface area (Å²) in [6.45, 7) is 4.98. The van der Waals surface area contributed by atoms with E-state index >= 15 is 0 Å². The molecule has 0 bridgehead atoms. The number of hydrogen-bond donors (Lipinski definition) is 0. The van der Waals surface area contributed by atoms with Crippen LogP contribution in [0.1, 0.15) is 84.0 Å². The van der Waals surface area contributed by atoms with Gasteiger partial charge >= 0.3 is 8.80 Å². The van der Waals surface area contributed by atoms with Gasteiger partial charge in [0.25, 0.3) is 0 Å². The van der Waals surface area contributed by atoms with Gasteiger partial charge in [0.1, 0.15) is 0 Å². The van der Waals surface area contributed by atoms with Gasteiger partial charge in [-0.15, -0.1) is 0 Å². The van der Waals surface area contributed by atoms with E-state index < -0.39 is 8.80 Å². The molecule has 3 nitrogen and oxygen atoms in total. The van der Waals surface area contributed by atoms with E-state index in [-0.39, 0.29) is 0 Å². The first-order valence-corrected chi connectivity index (χ1v) is 11.1. The Kier molecular flexibility index (Phi) is 15.1. The van der Waals surface area contributed by atoms with Gasteiger partial charge in [0.2, 0.25) is 0 Å². The molecule has 0 aliphatic carbocycles. The average molecular weight is 319 g/mol. The van der Waals surface area contributed by atoms with Crippen molar-refractivity contribution in [1.82, 2.24) is 0 Å². The maximum Gasteiger partial charge on any atom is 0.497 e. The average Bonchev–Trinajstić information content (AvgIpc) is 2.51. The van der Waals surface area contributed by atoms with Crippen molar-refractivity contribution in [2.45, 2.75) is 90.5 Å². The highest BCUT2D eigenvalue weighted by atomic mass is 28.4. The second-order valence-corrected chi connectivity index (χ2v) is 8.84. The Labute approximate surface area is 134 Å². The Morgan fingerprint density at radius 2 is 1.00 bits per heavy atom. The molecule has 0 amide bonds. The first kappa shape index (κ1) is 21.1. The molecule has 0 heterocycles. The summed E-state index contributed by atoms with van der Waals surface area (Å²) in [5, 5.41) is 0. The van der Waals surface area contributed by atoms with Crippen LogP contribution in [-0.4, -0.2) is 29.6 Å². The second kappa shape index (κ2) is 15.0. The van der Waals surface area contributed by atoms with Crippen molar-refractivity contribution < 1.29 is 13.3 Å². The predicted molar refractivity (Wildman–Crippen MR) is 92.7 cm³/mol. The summed E-state index contributed by atoms with van der Waals surface area (Å²) in [6, 6.07) is 0. The molecule has 0 atom stereocenters. The van der Waals surface area contributed by atoms with Crippen molar-refractivity contribution in [3.8, 4) is 0 Å². The molecule has 128 valence electrons. The molecule has 0 aliphatic heterocycles. The summed E-state index contributed by atoms with van der Waals surface area (Å²) < 4.78 is 16.3. The van der Waals surface area contributed by atoms with Crippen molar-refractivity contribution in [1.29, 1.82) is 0 Å². The molecule has 0 unspecified atom stereocenters. The van der Waals surface area contributed by atoms with Crippen molar-refractivity contribution >= 4 is 8.80 Å². The van der Waals surface area contributed by atoms with Gasteiger partial charge in [0.15, 0.2) is 0 Å². The van der Waals surface area contributed by atoms with Gasteiger partial charge in [0, 0.05) is 27.4 Å². The third-order valence-electron chi connectivity index (χ3n) is 4.10. The number of unbranched alkanes of at least 4 members (excludes halogenated alkanes) is 11. The SMILES string of the molecule is CCCCCCCCCCCCCCO[Si](C)(OC)OC. The Hall–Kier alpha value is 0.0969. The van der Waals surface area contributed by atoms with Crippen LogP contribution in [0.4, 0.5) is 0 Å². The maximum absolute atomic E-state index is 5.71. The Morgan fingerprint density at radius 1 is 0.619 bits per heavy atom. The van der Waals surface area contributed by atoms with Crippen LogP contribution in [0.5, 0.6) is 0 Å². The van der Waals surface area contributed by atoms with Crippen LogP contribution in [0.15, 0.2) is 0 Å². The smallest absolute Gasteiger partial charge is 0.377 e. The normalized spacial score (nSPS) is 12.0. The van der Waals surface area contributed by atoms with Gasteiger partial charge in [-0.3, -0.25) is 0 Å². The molecule has 0 saturated heterocycles. The summed E-state index contributed by atoms with van der Waals surface area (Å²) in [6.07, 6.45) is 16.4. The summed E-state index contributed by atoms with van der Waals surface area (Å²) in [5.74, 6) is 0. The summed E-state index contributed by atoms with van der Waals surface area (Å²) in [7, 11) is 1.03. The molecule has 0 rings (SSSR count). The third kappa shape index (κ3) is 13.5. The van der Waals surface area contributed by atoms with E-state index in [1.54, 1.807) is 14.2 Å². The number of hydrogen-bond acceptors (Lipinski definition) is 3. The molecular formula is C17H38O3Si. The zero-order valence-corrected chi connectivity index (χ0v) is 15.9. The molecule has 0 radical (unpaired) electrons. The molecule has 0 spiro atoms. The van der Waals surface area contributed by atoms with Crippen LogP contribution < -0.4 is 0 Å². The molecule has 4 heteroatoms. The zero-order valence-electron chi connectivity index (χ0n) is 14.9. The zero-order chi connectivity index (χ0) is 15.8. The molecule has 0 saturated carbocycles. The van der Waals surface area contributed by atoms with Gasteiger partial charge in [-0.1, -0.05) is 77.6 Å². The van der Waals surface area contributed by atoms with Gasteiger partial charge in [-0.05, 0) is 6.42 Å². The van der Waals surface area contributed by atoms with E-state index in [1.165, 1.54) is 70.6 Å². The molecule has 21 heavy (non-hydrogen) atoms.